The molecule has 1 aromatic carbocycles. The lowest BCUT2D eigenvalue weighted by molar-refractivity contribution is -0.175. The van der Waals surface area contributed by atoms with Crippen LogP contribution in [0.15, 0.2) is 24.3 Å². The molecular formula is C25H42O3. The molecule has 3 nitrogen and oxygen atoms in total. The van der Waals surface area contributed by atoms with Gasteiger partial charge >= 0.3 is 5.97 Å². The zero-order chi connectivity index (χ0) is 21.6. The van der Waals surface area contributed by atoms with E-state index in [1.54, 1.807) is 12.1 Å². The summed E-state index contributed by atoms with van der Waals surface area (Å²) in [6, 6.07) is 7.18. The van der Waals surface area contributed by atoms with Crippen LogP contribution in [-0.4, -0.2) is 17.7 Å². The molecule has 1 aromatic rings. The number of carbonyl (C=O) groups is 1. The number of hydrogen-bond acceptors (Lipinski definition) is 3. The molecule has 3 heteroatoms. The van der Waals surface area contributed by atoms with E-state index >= 15 is 0 Å². The number of hydrogen-bond donors (Lipinski definition) is 1. The van der Waals surface area contributed by atoms with Gasteiger partial charge in [-0.25, -0.2) is 0 Å². The van der Waals surface area contributed by atoms with Crippen molar-refractivity contribution in [3.8, 4) is 5.75 Å². The predicted octanol–water partition coefficient (Wildman–Crippen LogP) is 6.77. The summed E-state index contributed by atoms with van der Waals surface area (Å²) in [6.07, 6.45) is 5.02. The van der Waals surface area contributed by atoms with E-state index in [1.807, 2.05) is 12.1 Å². The molecule has 0 amide bonds. The van der Waals surface area contributed by atoms with Crippen molar-refractivity contribution in [3.05, 3.63) is 29.8 Å². The molecule has 0 aliphatic carbocycles. The fourth-order valence-corrected chi connectivity index (χ4v) is 4.38. The Balaban J connectivity index is 2.99. The predicted molar refractivity (Wildman–Crippen MR) is 117 cm³/mol. The largest absolute Gasteiger partial charge is 0.508 e. The fraction of sp³-hybridized carbons (Fsp3) is 0.720. The van der Waals surface area contributed by atoms with E-state index in [2.05, 4.69) is 55.4 Å². The lowest BCUT2D eigenvalue weighted by atomic mass is 9.52. The zero-order valence-corrected chi connectivity index (χ0v) is 19.4. The van der Waals surface area contributed by atoms with Crippen molar-refractivity contribution in [1.29, 1.82) is 0 Å². The minimum atomic E-state index is -0.672. The number of esters is 1. The molecule has 0 atom stereocenters. The first kappa shape index (κ1) is 24.5. The average Bonchev–Trinajstić information content (AvgIpc) is 2.54. The van der Waals surface area contributed by atoms with E-state index in [9.17, 15) is 9.90 Å². The third-order valence-electron chi connectivity index (χ3n) is 5.97. The molecule has 0 bridgehead atoms. The van der Waals surface area contributed by atoms with Gasteiger partial charge < -0.3 is 9.84 Å². The maximum absolute atomic E-state index is 13.5. The molecule has 1 N–H and O–H groups in total. The van der Waals surface area contributed by atoms with Crippen molar-refractivity contribution in [2.75, 3.05) is 6.61 Å². The Bertz CT molecular complexity index is 586. The lowest BCUT2D eigenvalue weighted by Crippen LogP contribution is -2.54. The smallest absolute Gasteiger partial charge is 0.313 e. The van der Waals surface area contributed by atoms with Gasteiger partial charge in [0.25, 0.3) is 0 Å². The second kappa shape index (κ2) is 9.80. The van der Waals surface area contributed by atoms with E-state index in [4.69, 9.17) is 4.74 Å². The molecule has 0 heterocycles. The maximum Gasteiger partial charge on any atom is 0.313 e. The van der Waals surface area contributed by atoms with E-state index < -0.39 is 5.41 Å². The van der Waals surface area contributed by atoms with Crippen LogP contribution in [0.1, 0.15) is 86.6 Å². The number of aromatic hydroxyl groups is 1. The number of carbonyl (C=O) groups excluding carboxylic acids is 1. The summed E-state index contributed by atoms with van der Waals surface area (Å²) in [5.74, 6) is 0.858. The number of phenolic OH excluding ortho intramolecular Hbond substituents is 1. The fourth-order valence-electron chi connectivity index (χ4n) is 4.38. The zero-order valence-electron chi connectivity index (χ0n) is 19.4. The van der Waals surface area contributed by atoms with Gasteiger partial charge in [0.2, 0.25) is 0 Å². The normalized spacial score (nSPS) is 13.0. The van der Waals surface area contributed by atoms with Gasteiger partial charge in [0.1, 0.15) is 5.75 Å². The highest BCUT2D eigenvalue weighted by Gasteiger charge is 2.57. The molecule has 0 radical (unpaired) electrons. The third-order valence-corrected chi connectivity index (χ3v) is 5.97. The topological polar surface area (TPSA) is 46.5 Å². The van der Waals surface area contributed by atoms with Crippen molar-refractivity contribution in [1.82, 2.24) is 0 Å². The Hall–Kier alpha value is -1.51. The Morgan fingerprint density at radius 1 is 0.929 bits per heavy atom. The molecule has 0 aromatic heterocycles. The Morgan fingerprint density at radius 2 is 1.46 bits per heavy atom. The third kappa shape index (κ3) is 6.25. The molecule has 0 saturated carbocycles. The van der Waals surface area contributed by atoms with Crippen LogP contribution in [0.25, 0.3) is 0 Å². The highest BCUT2D eigenvalue weighted by molar-refractivity contribution is 5.79. The Kier molecular flexibility index (Phi) is 8.59. The Labute approximate surface area is 172 Å². The van der Waals surface area contributed by atoms with Gasteiger partial charge in [-0.1, -0.05) is 86.8 Å². The number of rotatable bonds is 9. The van der Waals surface area contributed by atoms with E-state index in [0.29, 0.717) is 13.0 Å². The molecule has 1 rings (SSSR count). The van der Waals surface area contributed by atoms with Crippen molar-refractivity contribution < 1.29 is 14.6 Å². The number of benzene rings is 1. The molecule has 0 saturated heterocycles. The summed E-state index contributed by atoms with van der Waals surface area (Å²) >= 11 is 0. The minimum Gasteiger partial charge on any atom is -0.508 e. The van der Waals surface area contributed by atoms with Gasteiger partial charge in [-0.15, -0.1) is 0 Å². The number of phenols is 1. The second-order valence-electron chi connectivity index (χ2n) is 10.6. The van der Waals surface area contributed by atoms with Crippen LogP contribution in [0.4, 0.5) is 0 Å². The van der Waals surface area contributed by atoms with Gasteiger partial charge in [-0.2, -0.15) is 0 Å². The average molecular weight is 391 g/mol. The molecule has 28 heavy (non-hydrogen) atoms. The Morgan fingerprint density at radius 3 is 1.93 bits per heavy atom. The van der Waals surface area contributed by atoms with Crippen molar-refractivity contribution >= 4 is 5.97 Å². The van der Waals surface area contributed by atoms with Crippen molar-refractivity contribution in [2.24, 2.45) is 22.2 Å². The SMILES string of the molecule is CC(C)CCCCCOC(=O)C(Cc1ccc(O)cc1)(C(C)(C)C)C(C)(C)C. The molecule has 0 spiro atoms. The van der Waals surface area contributed by atoms with E-state index in [0.717, 1.165) is 24.3 Å². The van der Waals surface area contributed by atoms with Gasteiger partial charge in [-0.3, -0.25) is 4.79 Å². The van der Waals surface area contributed by atoms with Crippen LogP contribution in [0.3, 0.4) is 0 Å². The van der Waals surface area contributed by atoms with E-state index in [-0.39, 0.29) is 22.5 Å². The monoisotopic (exact) mass is 390 g/mol. The summed E-state index contributed by atoms with van der Waals surface area (Å²) in [4.78, 5) is 13.5. The van der Waals surface area contributed by atoms with Gasteiger partial charge in [0.15, 0.2) is 0 Å². The summed E-state index contributed by atoms with van der Waals surface area (Å²) in [5.41, 5.74) is -0.193. The van der Waals surface area contributed by atoms with Crippen molar-refractivity contribution in [2.45, 2.75) is 87.5 Å². The molecular weight excluding hydrogens is 348 g/mol. The maximum atomic E-state index is 13.5. The highest BCUT2D eigenvalue weighted by Crippen LogP contribution is 2.54. The van der Waals surface area contributed by atoms with Crippen molar-refractivity contribution in [3.63, 3.8) is 0 Å². The summed E-state index contributed by atoms with van der Waals surface area (Å²) in [7, 11) is 0. The van der Waals surface area contributed by atoms with Crippen LogP contribution in [0.5, 0.6) is 5.75 Å². The summed E-state index contributed by atoms with van der Waals surface area (Å²) in [6.45, 7) is 17.7. The van der Waals surface area contributed by atoms with E-state index in [1.165, 1.54) is 12.8 Å². The van der Waals surface area contributed by atoms with Crippen LogP contribution in [-0.2, 0) is 16.0 Å². The standard InChI is InChI=1S/C25H42O3/c1-19(2)12-10-9-11-17-28-22(27)25(23(3,4)5,24(6,7)8)18-20-13-15-21(26)16-14-20/h13-16,19,26H,9-12,17-18H2,1-8H3. The number of ether oxygens (including phenoxy) is 1. The highest BCUT2D eigenvalue weighted by atomic mass is 16.5. The van der Waals surface area contributed by atoms with Gasteiger partial charge in [0, 0.05) is 0 Å². The molecule has 0 aliphatic rings. The van der Waals surface area contributed by atoms with Crippen LogP contribution >= 0.6 is 0 Å². The van der Waals surface area contributed by atoms with Crippen LogP contribution in [0, 0.1) is 22.2 Å². The lowest BCUT2D eigenvalue weighted by Gasteiger charge is -2.51. The number of unbranched alkanes of at least 4 members (excludes halogenated alkanes) is 2. The summed E-state index contributed by atoms with van der Waals surface area (Å²) in [5, 5.41) is 9.61. The first-order valence-electron chi connectivity index (χ1n) is 10.8. The molecule has 0 aliphatic heterocycles. The first-order valence-corrected chi connectivity index (χ1v) is 10.8. The second-order valence-corrected chi connectivity index (χ2v) is 10.6. The minimum absolute atomic E-state index is 0.107. The summed E-state index contributed by atoms with van der Waals surface area (Å²) < 4.78 is 5.88. The quantitative estimate of drug-likeness (QED) is 0.374. The molecule has 160 valence electrons. The molecule has 0 unspecified atom stereocenters. The van der Waals surface area contributed by atoms with Gasteiger partial charge in [0.05, 0.1) is 12.0 Å². The van der Waals surface area contributed by atoms with Gasteiger partial charge in [-0.05, 0) is 47.3 Å². The first-order chi connectivity index (χ1) is 12.8. The molecule has 0 fully saturated rings. The van der Waals surface area contributed by atoms with Crippen LogP contribution < -0.4 is 0 Å². The van der Waals surface area contributed by atoms with Crippen LogP contribution in [0.2, 0.25) is 0 Å².